The fraction of sp³-hybridized carbons (Fsp3) is 0.400. The van der Waals surface area contributed by atoms with Crippen molar-refractivity contribution in [3.05, 3.63) is 34.3 Å². The van der Waals surface area contributed by atoms with Gasteiger partial charge in [0.05, 0.1) is 11.4 Å². The third-order valence-electron chi connectivity index (χ3n) is 2.33. The molecule has 3 nitrogen and oxygen atoms in total. The van der Waals surface area contributed by atoms with Crippen LogP contribution in [0, 0.1) is 0 Å². The van der Waals surface area contributed by atoms with Gasteiger partial charge in [0.1, 0.15) is 0 Å². The van der Waals surface area contributed by atoms with Gasteiger partial charge < -0.3 is 5.11 Å². The van der Waals surface area contributed by atoms with Gasteiger partial charge in [-0.1, -0.05) is 28.1 Å². The van der Waals surface area contributed by atoms with Crippen molar-refractivity contribution in [1.82, 2.24) is 0 Å². The Hall–Kier alpha value is -0.390. The van der Waals surface area contributed by atoms with Gasteiger partial charge in [0.15, 0.2) is 9.84 Å². The molecule has 5 heteroatoms. The fourth-order valence-corrected chi connectivity index (χ4v) is 2.05. The minimum atomic E-state index is -3.22. The summed E-state index contributed by atoms with van der Waals surface area (Å²) in [7, 11) is -3.22. The first-order valence-corrected chi connectivity index (χ1v) is 7.19. The van der Waals surface area contributed by atoms with E-state index in [-0.39, 0.29) is 0 Å². The smallest absolute Gasteiger partial charge is 0.152 e. The molecular weight excluding hydrogens is 280 g/mol. The molecule has 0 aliphatic rings. The molecule has 0 saturated carbocycles. The van der Waals surface area contributed by atoms with Crippen LogP contribution in [0.25, 0.3) is 0 Å². The summed E-state index contributed by atoms with van der Waals surface area (Å²) in [5, 5.41) is 9.03. The summed E-state index contributed by atoms with van der Waals surface area (Å²) in [4.78, 5) is 0. The van der Waals surface area contributed by atoms with Crippen LogP contribution in [0.1, 0.15) is 18.6 Å². The van der Waals surface area contributed by atoms with E-state index in [0.717, 1.165) is 10.7 Å². The molecule has 0 heterocycles. The van der Waals surface area contributed by atoms with Gasteiger partial charge in [0.25, 0.3) is 0 Å². The Kier molecular flexibility index (Phi) is 3.92. The molecular formula is C10H13BrO3S. The highest BCUT2D eigenvalue weighted by molar-refractivity contribution is 9.10. The van der Waals surface area contributed by atoms with Crippen LogP contribution in [0.3, 0.4) is 0 Å². The maximum Gasteiger partial charge on any atom is 0.152 e. The fourth-order valence-electron chi connectivity index (χ4n) is 1.17. The lowest BCUT2D eigenvalue weighted by atomic mass is 10.1. The topological polar surface area (TPSA) is 54.4 Å². The predicted octanol–water partition coefficient (Wildman–Crippen LogP) is 1.92. The highest BCUT2D eigenvalue weighted by atomic mass is 79.9. The third-order valence-corrected chi connectivity index (χ3v) is 4.47. The zero-order valence-corrected chi connectivity index (χ0v) is 10.9. The van der Waals surface area contributed by atoms with E-state index in [0.29, 0.717) is 5.56 Å². The third kappa shape index (κ3) is 3.29. The molecule has 0 bridgehead atoms. The van der Waals surface area contributed by atoms with Crippen molar-refractivity contribution in [3.8, 4) is 0 Å². The number of aliphatic hydroxyl groups excluding tert-OH is 1. The van der Waals surface area contributed by atoms with Crippen LogP contribution >= 0.6 is 15.9 Å². The van der Waals surface area contributed by atoms with Gasteiger partial charge in [0, 0.05) is 10.7 Å². The van der Waals surface area contributed by atoms with E-state index >= 15 is 0 Å². The molecule has 0 fully saturated rings. The summed E-state index contributed by atoms with van der Waals surface area (Å²) in [6.07, 6.45) is 0.146. The Balaban J connectivity index is 2.95. The lowest BCUT2D eigenvalue weighted by molar-refractivity contribution is 0.176. The number of aliphatic hydroxyl groups is 1. The van der Waals surface area contributed by atoms with Gasteiger partial charge in [-0.15, -0.1) is 0 Å². The maximum absolute atomic E-state index is 11.2. The molecule has 0 saturated heterocycles. The molecule has 0 amide bonds. The van der Waals surface area contributed by atoms with Crippen LogP contribution in [0.4, 0.5) is 0 Å². The van der Waals surface area contributed by atoms with Crippen LogP contribution in [0.5, 0.6) is 0 Å². The SMILES string of the molecule is C[C@H]([C@@H](O)c1ccc(Br)cc1)S(C)(=O)=O. The average Bonchev–Trinajstić information content (AvgIpc) is 2.15. The predicted molar refractivity (Wildman–Crippen MR) is 63.4 cm³/mol. The highest BCUT2D eigenvalue weighted by Gasteiger charge is 2.25. The normalized spacial score (nSPS) is 16.0. The van der Waals surface area contributed by atoms with Gasteiger partial charge in [-0.3, -0.25) is 0 Å². The molecule has 0 radical (unpaired) electrons. The quantitative estimate of drug-likeness (QED) is 0.926. The van der Waals surface area contributed by atoms with Gasteiger partial charge in [-0.25, -0.2) is 8.42 Å². The summed E-state index contributed by atoms with van der Waals surface area (Å²) in [5.74, 6) is 0. The van der Waals surface area contributed by atoms with E-state index in [2.05, 4.69) is 15.9 Å². The second-order valence-electron chi connectivity index (χ2n) is 3.53. The summed E-state index contributed by atoms with van der Waals surface area (Å²) in [6.45, 7) is 1.50. The Labute approximate surface area is 98.2 Å². The zero-order valence-electron chi connectivity index (χ0n) is 8.51. The molecule has 84 valence electrons. The van der Waals surface area contributed by atoms with Crippen LogP contribution in [-0.4, -0.2) is 25.0 Å². The molecule has 0 aliphatic carbocycles. The summed E-state index contributed by atoms with van der Waals surface area (Å²) >= 11 is 3.27. The standard InChI is InChI=1S/C10H13BrO3S/c1-7(15(2,13)14)10(12)8-3-5-9(11)6-4-8/h3-7,10,12H,1-2H3/t7-,10-/m1/s1. The van der Waals surface area contributed by atoms with Crippen molar-refractivity contribution in [3.63, 3.8) is 0 Å². The van der Waals surface area contributed by atoms with Crippen molar-refractivity contribution in [2.45, 2.75) is 18.3 Å². The molecule has 0 unspecified atom stereocenters. The molecule has 15 heavy (non-hydrogen) atoms. The molecule has 1 aromatic carbocycles. The lowest BCUT2D eigenvalue weighted by Crippen LogP contribution is -2.24. The van der Waals surface area contributed by atoms with Gasteiger partial charge in [0.2, 0.25) is 0 Å². The second-order valence-corrected chi connectivity index (χ2v) is 6.85. The molecule has 1 rings (SSSR count). The molecule has 1 aromatic rings. The largest absolute Gasteiger partial charge is 0.387 e. The monoisotopic (exact) mass is 292 g/mol. The van der Waals surface area contributed by atoms with E-state index < -0.39 is 21.2 Å². The van der Waals surface area contributed by atoms with E-state index in [9.17, 15) is 13.5 Å². The Bertz CT molecular complexity index is 424. The number of hydrogen-bond acceptors (Lipinski definition) is 3. The summed E-state index contributed by atoms with van der Waals surface area (Å²) in [6, 6.07) is 6.95. The Morgan fingerprint density at radius 1 is 1.27 bits per heavy atom. The van der Waals surface area contributed by atoms with Crippen LogP contribution in [-0.2, 0) is 9.84 Å². The van der Waals surface area contributed by atoms with Crippen molar-refractivity contribution >= 4 is 25.8 Å². The number of halogens is 1. The molecule has 1 N–H and O–H groups in total. The Morgan fingerprint density at radius 3 is 2.13 bits per heavy atom. The minimum absolute atomic E-state index is 0.608. The molecule has 0 aromatic heterocycles. The van der Waals surface area contributed by atoms with E-state index in [1.807, 2.05) is 0 Å². The van der Waals surface area contributed by atoms with Crippen molar-refractivity contribution in [1.29, 1.82) is 0 Å². The number of rotatable bonds is 3. The van der Waals surface area contributed by atoms with Gasteiger partial charge in [-0.05, 0) is 24.6 Å². The number of sulfone groups is 1. The highest BCUT2D eigenvalue weighted by Crippen LogP contribution is 2.22. The zero-order chi connectivity index (χ0) is 11.6. The van der Waals surface area contributed by atoms with E-state index in [4.69, 9.17) is 0 Å². The minimum Gasteiger partial charge on any atom is -0.387 e. The summed E-state index contributed by atoms with van der Waals surface area (Å²) < 4.78 is 23.4. The number of benzene rings is 1. The number of hydrogen-bond donors (Lipinski definition) is 1. The molecule has 0 spiro atoms. The van der Waals surface area contributed by atoms with Crippen LogP contribution < -0.4 is 0 Å². The van der Waals surface area contributed by atoms with Crippen molar-refractivity contribution in [2.24, 2.45) is 0 Å². The van der Waals surface area contributed by atoms with Crippen LogP contribution in [0.2, 0.25) is 0 Å². The first-order valence-electron chi connectivity index (χ1n) is 4.45. The molecule has 0 aliphatic heterocycles. The maximum atomic E-state index is 11.2. The van der Waals surface area contributed by atoms with Crippen LogP contribution in [0.15, 0.2) is 28.7 Å². The molecule has 2 atom stereocenters. The first-order chi connectivity index (χ1) is 6.82. The summed E-state index contributed by atoms with van der Waals surface area (Å²) in [5.41, 5.74) is 0.608. The van der Waals surface area contributed by atoms with Gasteiger partial charge >= 0.3 is 0 Å². The van der Waals surface area contributed by atoms with E-state index in [1.165, 1.54) is 6.92 Å². The average molecular weight is 293 g/mol. The van der Waals surface area contributed by atoms with Crippen molar-refractivity contribution in [2.75, 3.05) is 6.26 Å². The first kappa shape index (κ1) is 12.7. The second kappa shape index (κ2) is 4.63. The van der Waals surface area contributed by atoms with Gasteiger partial charge in [-0.2, -0.15) is 0 Å². The Morgan fingerprint density at radius 2 is 1.73 bits per heavy atom. The van der Waals surface area contributed by atoms with Crippen molar-refractivity contribution < 1.29 is 13.5 Å². The lowest BCUT2D eigenvalue weighted by Gasteiger charge is -2.17. The van der Waals surface area contributed by atoms with E-state index in [1.54, 1.807) is 24.3 Å².